The molecule has 1 saturated heterocycles. The summed E-state index contributed by atoms with van der Waals surface area (Å²) in [5.41, 5.74) is 3.16. The van der Waals surface area contributed by atoms with E-state index in [0.29, 0.717) is 13.3 Å². The Bertz CT molecular complexity index is 1090. The summed E-state index contributed by atoms with van der Waals surface area (Å²) in [4.78, 5) is 17.8. The van der Waals surface area contributed by atoms with Crippen LogP contribution in [0.3, 0.4) is 0 Å². The Morgan fingerprint density at radius 3 is 2.57 bits per heavy atom. The van der Waals surface area contributed by atoms with Crippen LogP contribution in [0.25, 0.3) is 0 Å². The molecule has 3 aromatic rings. The van der Waals surface area contributed by atoms with Crippen molar-refractivity contribution in [3.63, 3.8) is 0 Å². The third-order valence-electron chi connectivity index (χ3n) is 6.39. The van der Waals surface area contributed by atoms with Crippen molar-refractivity contribution < 1.29 is 14.3 Å². The molecule has 0 radical (unpaired) electrons. The molecule has 152 valence electrons. The molecule has 0 N–H and O–H groups in total. The molecule has 2 aromatic carbocycles. The minimum Gasteiger partial charge on any atom is -0.454 e. The van der Waals surface area contributed by atoms with Gasteiger partial charge >= 0.3 is 0 Å². The first-order valence-electron chi connectivity index (χ1n) is 10.4. The molecule has 0 spiro atoms. The van der Waals surface area contributed by atoms with E-state index in [2.05, 4.69) is 44.8 Å². The molecule has 1 amide bonds. The van der Waals surface area contributed by atoms with Gasteiger partial charge in [0.2, 0.25) is 6.79 Å². The van der Waals surface area contributed by atoms with Crippen molar-refractivity contribution in [3.8, 4) is 11.5 Å². The number of rotatable bonds is 4. The quantitative estimate of drug-likeness (QED) is 0.673. The number of amides is 1. The van der Waals surface area contributed by atoms with E-state index in [1.54, 1.807) is 0 Å². The summed E-state index contributed by atoms with van der Waals surface area (Å²) in [6.07, 6.45) is 2.05. The van der Waals surface area contributed by atoms with Crippen LogP contribution in [0.4, 0.5) is 0 Å². The second kappa shape index (κ2) is 6.92. The maximum absolute atomic E-state index is 13.3. The van der Waals surface area contributed by atoms with E-state index in [1.807, 2.05) is 36.4 Å². The predicted molar refractivity (Wildman–Crippen MR) is 111 cm³/mol. The molecule has 6 rings (SSSR count). The number of hydrogen-bond donors (Lipinski definition) is 0. The SMILES string of the molecule is O=C1c2cccn2C2CN(Cc3ccc4c(c3)OCO4)CC2N1Cc1ccccc1. The van der Waals surface area contributed by atoms with Crippen LogP contribution in [0.2, 0.25) is 0 Å². The number of fused-ring (bicyclic) bond motifs is 4. The van der Waals surface area contributed by atoms with Gasteiger partial charge in [-0.3, -0.25) is 9.69 Å². The fourth-order valence-corrected chi connectivity index (χ4v) is 4.98. The minimum atomic E-state index is 0.120. The highest BCUT2D eigenvalue weighted by Gasteiger charge is 2.44. The van der Waals surface area contributed by atoms with Gasteiger partial charge < -0.3 is 18.9 Å². The Labute approximate surface area is 175 Å². The first-order chi connectivity index (χ1) is 14.8. The molecule has 6 heteroatoms. The lowest BCUT2D eigenvalue weighted by Crippen LogP contribution is -2.49. The molecule has 4 heterocycles. The molecule has 6 nitrogen and oxygen atoms in total. The predicted octanol–water partition coefficient (Wildman–Crippen LogP) is 3.30. The standard InChI is InChI=1S/C24H23N3O3/c28-24-19-7-4-10-26(19)20-14-25(12-18-8-9-22-23(11-18)30-16-29-22)15-21(20)27(24)13-17-5-2-1-3-6-17/h1-11,20-21H,12-16H2. The molecule has 1 fully saturated rings. The van der Waals surface area contributed by atoms with Crippen LogP contribution in [0.5, 0.6) is 11.5 Å². The van der Waals surface area contributed by atoms with Gasteiger partial charge in [0.1, 0.15) is 5.69 Å². The monoisotopic (exact) mass is 401 g/mol. The van der Waals surface area contributed by atoms with Gasteiger partial charge in [-0.1, -0.05) is 36.4 Å². The molecular weight excluding hydrogens is 378 g/mol. The number of likely N-dealkylation sites (tertiary alicyclic amines) is 1. The summed E-state index contributed by atoms with van der Waals surface area (Å²) >= 11 is 0. The van der Waals surface area contributed by atoms with Crippen LogP contribution in [0.1, 0.15) is 27.7 Å². The van der Waals surface area contributed by atoms with Crippen molar-refractivity contribution in [2.24, 2.45) is 0 Å². The Balaban J connectivity index is 1.27. The summed E-state index contributed by atoms with van der Waals surface area (Å²) in [7, 11) is 0. The van der Waals surface area contributed by atoms with Gasteiger partial charge in [-0.05, 0) is 35.4 Å². The Kier molecular flexibility index (Phi) is 4.06. The molecule has 1 aromatic heterocycles. The van der Waals surface area contributed by atoms with Crippen molar-refractivity contribution in [3.05, 3.63) is 83.7 Å². The van der Waals surface area contributed by atoms with Crippen LogP contribution in [-0.2, 0) is 13.1 Å². The van der Waals surface area contributed by atoms with E-state index in [4.69, 9.17) is 9.47 Å². The molecule has 2 unspecified atom stereocenters. The topological polar surface area (TPSA) is 46.9 Å². The van der Waals surface area contributed by atoms with E-state index in [9.17, 15) is 4.79 Å². The van der Waals surface area contributed by atoms with Gasteiger partial charge in [0.15, 0.2) is 11.5 Å². The fourth-order valence-electron chi connectivity index (χ4n) is 4.98. The maximum atomic E-state index is 13.3. The number of benzene rings is 2. The summed E-state index contributed by atoms with van der Waals surface area (Å²) in [5, 5.41) is 0. The summed E-state index contributed by atoms with van der Waals surface area (Å²) in [6.45, 7) is 3.53. The molecule has 30 heavy (non-hydrogen) atoms. The normalized spacial score (nSPS) is 22.3. The van der Waals surface area contributed by atoms with E-state index in [1.165, 1.54) is 11.1 Å². The van der Waals surface area contributed by atoms with E-state index in [-0.39, 0.29) is 18.0 Å². The number of hydrogen-bond acceptors (Lipinski definition) is 4. The van der Waals surface area contributed by atoms with Gasteiger partial charge in [0.05, 0.1) is 12.1 Å². The van der Waals surface area contributed by atoms with Crippen molar-refractivity contribution in [1.82, 2.24) is 14.4 Å². The van der Waals surface area contributed by atoms with Gasteiger partial charge in [-0.2, -0.15) is 0 Å². The third kappa shape index (κ3) is 2.87. The lowest BCUT2D eigenvalue weighted by Gasteiger charge is -2.38. The smallest absolute Gasteiger partial charge is 0.271 e. The van der Waals surface area contributed by atoms with E-state index in [0.717, 1.165) is 36.8 Å². The summed E-state index contributed by atoms with van der Waals surface area (Å²) in [5.74, 6) is 1.75. The summed E-state index contributed by atoms with van der Waals surface area (Å²) < 4.78 is 13.1. The van der Waals surface area contributed by atoms with E-state index < -0.39 is 0 Å². The van der Waals surface area contributed by atoms with Gasteiger partial charge in [-0.15, -0.1) is 0 Å². The van der Waals surface area contributed by atoms with E-state index >= 15 is 0 Å². The highest BCUT2D eigenvalue weighted by Crippen LogP contribution is 2.37. The summed E-state index contributed by atoms with van der Waals surface area (Å²) in [6, 6.07) is 20.8. The molecular formula is C24H23N3O3. The molecule has 3 aliphatic rings. The largest absolute Gasteiger partial charge is 0.454 e. The highest BCUT2D eigenvalue weighted by atomic mass is 16.7. The Morgan fingerprint density at radius 2 is 1.67 bits per heavy atom. The van der Waals surface area contributed by atoms with Crippen molar-refractivity contribution >= 4 is 5.91 Å². The first-order valence-corrected chi connectivity index (χ1v) is 10.4. The van der Waals surface area contributed by atoms with Crippen LogP contribution < -0.4 is 9.47 Å². The second-order valence-corrected chi connectivity index (χ2v) is 8.24. The molecule has 0 aliphatic carbocycles. The van der Waals surface area contributed by atoms with Crippen LogP contribution >= 0.6 is 0 Å². The van der Waals surface area contributed by atoms with Gasteiger partial charge in [0.25, 0.3) is 5.91 Å². The lowest BCUT2D eigenvalue weighted by atomic mass is 10.0. The molecule has 2 atom stereocenters. The molecule has 3 aliphatic heterocycles. The van der Waals surface area contributed by atoms with Gasteiger partial charge in [0, 0.05) is 32.4 Å². The zero-order chi connectivity index (χ0) is 20.1. The minimum absolute atomic E-state index is 0.120. The number of aromatic nitrogens is 1. The van der Waals surface area contributed by atoms with Crippen LogP contribution in [-0.4, -0.2) is 46.2 Å². The Hall–Kier alpha value is -3.25. The van der Waals surface area contributed by atoms with Crippen LogP contribution in [0, 0.1) is 0 Å². The fraction of sp³-hybridized carbons (Fsp3) is 0.292. The number of ether oxygens (including phenoxy) is 2. The first kappa shape index (κ1) is 17.6. The average Bonchev–Trinajstić information content (AvgIpc) is 3.50. The highest BCUT2D eigenvalue weighted by molar-refractivity contribution is 5.94. The third-order valence-corrected chi connectivity index (χ3v) is 6.39. The zero-order valence-electron chi connectivity index (χ0n) is 16.6. The maximum Gasteiger partial charge on any atom is 0.271 e. The molecule has 0 saturated carbocycles. The van der Waals surface area contributed by atoms with Crippen LogP contribution in [0.15, 0.2) is 66.9 Å². The molecule has 0 bridgehead atoms. The zero-order valence-corrected chi connectivity index (χ0v) is 16.6. The average molecular weight is 401 g/mol. The van der Waals surface area contributed by atoms with Crippen molar-refractivity contribution in [1.29, 1.82) is 0 Å². The number of nitrogens with zero attached hydrogens (tertiary/aromatic N) is 3. The van der Waals surface area contributed by atoms with Crippen molar-refractivity contribution in [2.45, 2.75) is 25.2 Å². The van der Waals surface area contributed by atoms with Crippen molar-refractivity contribution in [2.75, 3.05) is 19.9 Å². The number of carbonyl (C=O) groups is 1. The Morgan fingerprint density at radius 1 is 0.833 bits per heavy atom. The number of carbonyl (C=O) groups excluding carboxylic acids is 1. The lowest BCUT2D eigenvalue weighted by molar-refractivity contribution is 0.0556. The second-order valence-electron chi connectivity index (χ2n) is 8.24. The van der Waals surface area contributed by atoms with Gasteiger partial charge in [-0.25, -0.2) is 0 Å².